The van der Waals surface area contributed by atoms with E-state index in [4.69, 9.17) is 9.37 Å². The molecule has 2 aromatic rings. The van der Waals surface area contributed by atoms with Gasteiger partial charge in [-0.15, -0.1) is 0 Å². The molecule has 1 atom stereocenters. The van der Waals surface area contributed by atoms with Crippen LogP contribution < -0.4 is 10.1 Å². The summed E-state index contributed by atoms with van der Waals surface area (Å²) in [7, 11) is 0. The SMILES string of the molecule is CCCNC(C)c1cc(C)ccc1OCc1nonc1C. The average Bonchev–Trinajstić information content (AvgIpc) is 2.88. The minimum absolute atomic E-state index is 0.247. The van der Waals surface area contributed by atoms with Gasteiger partial charge in [-0.2, -0.15) is 0 Å². The van der Waals surface area contributed by atoms with Gasteiger partial charge in [0, 0.05) is 11.6 Å². The lowest BCUT2D eigenvalue weighted by Crippen LogP contribution is -2.20. The zero-order valence-corrected chi connectivity index (χ0v) is 13.1. The minimum atomic E-state index is 0.247. The smallest absolute Gasteiger partial charge is 0.145 e. The Labute approximate surface area is 125 Å². The third-order valence-electron chi connectivity index (χ3n) is 3.44. The van der Waals surface area contributed by atoms with Gasteiger partial charge < -0.3 is 10.1 Å². The third-order valence-corrected chi connectivity index (χ3v) is 3.44. The maximum atomic E-state index is 5.92. The van der Waals surface area contributed by atoms with Crippen LogP contribution in [-0.2, 0) is 6.61 Å². The van der Waals surface area contributed by atoms with E-state index in [0.717, 1.165) is 35.7 Å². The number of rotatable bonds is 7. The maximum Gasteiger partial charge on any atom is 0.145 e. The van der Waals surface area contributed by atoms with Crippen LogP contribution >= 0.6 is 0 Å². The van der Waals surface area contributed by atoms with Crippen LogP contribution in [-0.4, -0.2) is 16.9 Å². The van der Waals surface area contributed by atoms with Gasteiger partial charge in [0.15, 0.2) is 0 Å². The zero-order chi connectivity index (χ0) is 15.2. The molecule has 0 fully saturated rings. The Morgan fingerprint density at radius 2 is 2.10 bits per heavy atom. The van der Waals surface area contributed by atoms with Crippen LogP contribution in [0.3, 0.4) is 0 Å². The van der Waals surface area contributed by atoms with E-state index in [9.17, 15) is 0 Å². The van der Waals surface area contributed by atoms with Crippen molar-refractivity contribution in [3.05, 3.63) is 40.7 Å². The van der Waals surface area contributed by atoms with Crippen molar-refractivity contribution in [3.63, 3.8) is 0 Å². The molecule has 0 aliphatic heterocycles. The number of ether oxygens (including phenoxy) is 1. The lowest BCUT2D eigenvalue weighted by atomic mass is 10.0. The van der Waals surface area contributed by atoms with Gasteiger partial charge in [-0.25, -0.2) is 4.63 Å². The van der Waals surface area contributed by atoms with E-state index in [1.807, 2.05) is 13.0 Å². The fourth-order valence-corrected chi connectivity index (χ4v) is 2.14. The van der Waals surface area contributed by atoms with Gasteiger partial charge in [0.2, 0.25) is 0 Å². The van der Waals surface area contributed by atoms with Gasteiger partial charge >= 0.3 is 0 Å². The van der Waals surface area contributed by atoms with Crippen molar-refractivity contribution in [2.75, 3.05) is 6.54 Å². The molecule has 1 N–H and O–H groups in total. The number of nitrogens with zero attached hydrogens (tertiary/aromatic N) is 2. The van der Waals surface area contributed by atoms with Crippen molar-refractivity contribution >= 4 is 0 Å². The number of aryl methyl sites for hydroxylation is 2. The largest absolute Gasteiger partial charge is 0.487 e. The monoisotopic (exact) mass is 289 g/mol. The van der Waals surface area contributed by atoms with Gasteiger partial charge in [0.1, 0.15) is 23.7 Å². The fourth-order valence-electron chi connectivity index (χ4n) is 2.14. The molecule has 0 radical (unpaired) electrons. The summed E-state index contributed by atoms with van der Waals surface area (Å²) in [4.78, 5) is 0. The molecule has 0 amide bonds. The number of aromatic nitrogens is 2. The molecule has 0 spiro atoms. The van der Waals surface area contributed by atoms with E-state index in [1.165, 1.54) is 5.56 Å². The summed E-state index contributed by atoms with van der Waals surface area (Å²) in [5, 5.41) is 11.1. The van der Waals surface area contributed by atoms with Gasteiger partial charge in [-0.05, 0) is 39.8 Å². The van der Waals surface area contributed by atoms with Crippen LogP contribution in [0.2, 0.25) is 0 Å². The molecule has 2 rings (SSSR count). The van der Waals surface area contributed by atoms with E-state index >= 15 is 0 Å². The summed E-state index contributed by atoms with van der Waals surface area (Å²) >= 11 is 0. The molecule has 114 valence electrons. The molecule has 21 heavy (non-hydrogen) atoms. The van der Waals surface area contributed by atoms with E-state index in [0.29, 0.717) is 6.61 Å². The standard InChI is InChI=1S/C16H23N3O2/c1-5-8-17-12(3)14-9-11(2)6-7-16(14)20-10-15-13(4)18-21-19-15/h6-7,9,12,17H,5,8,10H2,1-4H3. The molecular formula is C16H23N3O2. The molecule has 0 saturated carbocycles. The third kappa shape index (κ3) is 4.04. The molecule has 0 bridgehead atoms. The molecule has 5 heteroatoms. The van der Waals surface area contributed by atoms with Crippen molar-refractivity contribution in [3.8, 4) is 5.75 Å². The minimum Gasteiger partial charge on any atom is -0.487 e. The van der Waals surface area contributed by atoms with E-state index in [-0.39, 0.29) is 6.04 Å². The topological polar surface area (TPSA) is 60.2 Å². The summed E-state index contributed by atoms with van der Waals surface area (Å²) < 4.78 is 10.6. The van der Waals surface area contributed by atoms with Crippen molar-refractivity contribution < 1.29 is 9.37 Å². The first kappa shape index (κ1) is 15.5. The molecule has 1 unspecified atom stereocenters. The van der Waals surface area contributed by atoms with Crippen LogP contribution in [0.25, 0.3) is 0 Å². The van der Waals surface area contributed by atoms with Crippen molar-refractivity contribution in [1.82, 2.24) is 15.6 Å². The molecule has 1 aromatic heterocycles. The number of hydrogen-bond acceptors (Lipinski definition) is 5. The Bertz CT molecular complexity index is 581. The van der Waals surface area contributed by atoms with Gasteiger partial charge in [0.25, 0.3) is 0 Å². The summed E-state index contributed by atoms with van der Waals surface area (Å²) in [6, 6.07) is 6.48. The van der Waals surface area contributed by atoms with Gasteiger partial charge in [-0.1, -0.05) is 34.9 Å². The number of nitrogens with one attached hydrogen (secondary N) is 1. The fraction of sp³-hybridized carbons (Fsp3) is 0.500. The second-order valence-corrected chi connectivity index (χ2v) is 5.30. The summed E-state index contributed by atoms with van der Waals surface area (Å²) in [5.74, 6) is 0.874. The molecule has 0 aliphatic rings. The van der Waals surface area contributed by atoms with Crippen LogP contribution in [0.1, 0.15) is 48.8 Å². The molecular weight excluding hydrogens is 266 g/mol. The van der Waals surface area contributed by atoms with E-state index in [1.54, 1.807) is 0 Å². The molecule has 0 saturated heterocycles. The number of hydrogen-bond donors (Lipinski definition) is 1. The van der Waals surface area contributed by atoms with E-state index < -0.39 is 0 Å². The Hall–Kier alpha value is -1.88. The molecule has 0 aliphatic carbocycles. The predicted octanol–water partition coefficient (Wildman–Crippen LogP) is 3.33. The second kappa shape index (κ2) is 7.22. The van der Waals surface area contributed by atoms with Crippen molar-refractivity contribution in [2.45, 2.75) is 46.8 Å². The summed E-state index contributed by atoms with van der Waals surface area (Å²) in [5.41, 5.74) is 3.89. The summed E-state index contributed by atoms with van der Waals surface area (Å²) in [6.45, 7) is 9.61. The van der Waals surface area contributed by atoms with E-state index in [2.05, 4.69) is 48.5 Å². The second-order valence-electron chi connectivity index (χ2n) is 5.30. The highest BCUT2D eigenvalue weighted by atomic mass is 16.6. The zero-order valence-electron chi connectivity index (χ0n) is 13.1. The van der Waals surface area contributed by atoms with Crippen molar-refractivity contribution in [1.29, 1.82) is 0 Å². The number of benzene rings is 1. The van der Waals surface area contributed by atoms with Crippen LogP contribution in [0, 0.1) is 13.8 Å². The molecule has 1 aromatic carbocycles. The van der Waals surface area contributed by atoms with Crippen LogP contribution in [0.4, 0.5) is 0 Å². The Balaban J connectivity index is 2.12. The lowest BCUT2D eigenvalue weighted by molar-refractivity contribution is 0.267. The first-order chi connectivity index (χ1) is 10.1. The Morgan fingerprint density at radius 1 is 1.29 bits per heavy atom. The normalized spacial score (nSPS) is 12.4. The quantitative estimate of drug-likeness (QED) is 0.847. The Kier molecular flexibility index (Phi) is 5.33. The lowest BCUT2D eigenvalue weighted by Gasteiger charge is -2.18. The van der Waals surface area contributed by atoms with Gasteiger partial charge in [0.05, 0.1) is 0 Å². The first-order valence-corrected chi connectivity index (χ1v) is 7.36. The Morgan fingerprint density at radius 3 is 2.76 bits per heavy atom. The molecule has 5 nitrogen and oxygen atoms in total. The first-order valence-electron chi connectivity index (χ1n) is 7.36. The van der Waals surface area contributed by atoms with Crippen molar-refractivity contribution in [2.24, 2.45) is 0 Å². The van der Waals surface area contributed by atoms with Gasteiger partial charge in [-0.3, -0.25) is 0 Å². The van der Waals surface area contributed by atoms with Crippen LogP contribution in [0.15, 0.2) is 22.8 Å². The predicted molar refractivity (Wildman–Crippen MR) is 81.3 cm³/mol. The highest BCUT2D eigenvalue weighted by Crippen LogP contribution is 2.27. The van der Waals surface area contributed by atoms with Crippen LogP contribution in [0.5, 0.6) is 5.75 Å². The highest BCUT2D eigenvalue weighted by Gasteiger charge is 2.13. The summed E-state index contributed by atoms with van der Waals surface area (Å²) in [6.07, 6.45) is 1.11. The highest BCUT2D eigenvalue weighted by molar-refractivity contribution is 5.39. The maximum absolute atomic E-state index is 5.92. The average molecular weight is 289 g/mol. The molecule has 1 heterocycles.